The number of nitrogens with two attached hydrogens (primary N) is 1. The summed E-state index contributed by atoms with van der Waals surface area (Å²) in [5.74, 6) is -1.67. The maximum absolute atomic E-state index is 13.5. The molecular weight excluding hydrogens is 276 g/mol. The van der Waals surface area contributed by atoms with Crippen molar-refractivity contribution in [2.24, 2.45) is 5.73 Å². The van der Waals surface area contributed by atoms with Gasteiger partial charge in [0, 0.05) is 10.9 Å². The number of rotatable bonds is 3. The van der Waals surface area contributed by atoms with Gasteiger partial charge in [-0.15, -0.1) is 11.3 Å². The highest BCUT2D eigenvalue weighted by Gasteiger charge is 2.15. The zero-order chi connectivity index (χ0) is 13.3. The molecule has 0 radical (unpaired) electrons. The Morgan fingerprint density at radius 2 is 2.11 bits per heavy atom. The maximum Gasteiger partial charge on any atom is 0.162 e. The van der Waals surface area contributed by atoms with E-state index in [1.54, 1.807) is 6.07 Å². The zero-order valence-electron chi connectivity index (χ0n) is 9.71. The predicted molar refractivity (Wildman–Crippen MR) is 71.1 cm³/mol. The number of halogens is 3. The molecule has 18 heavy (non-hydrogen) atoms. The molecule has 0 bridgehead atoms. The normalized spacial score (nSPS) is 12.7. The summed E-state index contributed by atoms with van der Waals surface area (Å²) < 4.78 is 27.3. The second-order valence-corrected chi connectivity index (χ2v) is 5.81. The van der Waals surface area contributed by atoms with Gasteiger partial charge in [0.25, 0.3) is 0 Å². The van der Waals surface area contributed by atoms with Crippen LogP contribution < -0.4 is 5.73 Å². The lowest BCUT2D eigenvalue weighted by molar-refractivity contribution is 0.494. The molecule has 0 aliphatic rings. The van der Waals surface area contributed by atoms with Crippen LogP contribution in [0.25, 0.3) is 0 Å². The molecule has 1 heterocycles. The van der Waals surface area contributed by atoms with Crippen molar-refractivity contribution in [3.05, 3.63) is 56.2 Å². The molecule has 0 aliphatic heterocycles. The molecule has 0 spiro atoms. The summed E-state index contributed by atoms with van der Waals surface area (Å²) in [6.07, 6.45) is 0.250. The molecule has 96 valence electrons. The summed E-state index contributed by atoms with van der Waals surface area (Å²) in [7, 11) is 0. The van der Waals surface area contributed by atoms with Gasteiger partial charge in [0.1, 0.15) is 0 Å². The minimum absolute atomic E-state index is 0.250. The van der Waals surface area contributed by atoms with Crippen LogP contribution in [0.5, 0.6) is 0 Å². The van der Waals surface area contributed by atoms with Crippen molar-refractivity contribution < 1.29 is 8.78 Å². The van der Waals surface area contributed by atoms with Crippen LogP contribution in [0.2, 0.25) is 4.34 Å². The first-order valence-corrected chi connectivity index (χ1v) is 6.62. The Bertz CT molecular complexity index is 549. The fraction of sp³-hybridized carbons (Fsp3) is 0.231. The number of aryl methyl sites for hydroxylation is 1. The molecule has 0 saturated carbocycles. The second-order valence-electron chi connectivity index (χ2n) is 4.13. The van der Waals surface area contributed by atoms with Crippen molar-refractivity contribution in [2.45, 2.75) is 19.4 Å². The van der Waals surface area contributed by atoms with E-state index in [0.717, 1.165) is 16.5 Å². The molecule has 0 saturated heterocycles. The molecule has 0 fully saturated rings. The number of hydrogen-bond donors (Lipinski definition) is 1. The van der Waals surface area contributed by atoms with E-state index in [4.69, 9.17) is 17.3 Å². The smallest absolute Gasteiger partial charge is 0.162 e. The summed E-state index contributed by atoms with van der Waals surface area (Å²) in [6.45, 7) is 1.89. The molecular formula is C13H12ClF2NS. The van der Waals surface area contributed by atoms with Crippen molar-refractivity contribution in [2.75, 3.05) is 0 Å². The fourth-order valence-electron chi connectivity index (χ4n) is 1.71. The van der Waals surface area contributed by atoms with E-state index in [9.17, 15) is 8.78 Å². The van der Waals surface area contributed by atoms with Gasteiger partial charge in [-0.2, -0.15) is 0 Å². The Morgan fingerprint density at radius 3 is 2.72 bits per heavy atom. The monoisotopic (exact) mass is 287 g/mol. The van der Waals surface area contributed by atoms with Crippen molar-refractivity contribution in [1.29, 1.82) is 0 Å². The molecule has 1 atom stereocenters. The maximum atomic E-state index is 13.5. The highest BCUT2D eigenvalue weighted by molar-refractivity contribution is 7.16. The van der Waals surface area contributed by atoms with Gasteiger partial charge in [-0.1, -0.05) is 23.7 Å². The SMILES string of the molecule is Cc1cc(C(N)Cc2cccc(F)c2F)sc1Cl. The van der Waals surface area contributed by atoms with Crippen LogP contribution in [0.4, 0.5) is 8.78 Å². The summed E-state index contributed by atoms with van der Waals surface area (Å²) >= 11 is 7.34. The lowest BCUT2D eigenvalue weighted by Gasteiger charge is -2.10. The molecule has 0 aliphatic carbocycles. The molecule has 1 aromatic heterocycles. The quantitative estimate of drug-likeness (QED) is 0.898. The van der Waals surface area contributed by atoms with Crippen molar-refractivity contribution in [1.82, 2.24) is 0 Å². The molecule has 0 amide bonds. The van der Waals surface area contributed by atoms with Crippen LogP contribution in [0.3, 0.4) is 0 Å². The third-order valence-electron chi connectivity index (χ3n) is 2.71. The fourth-order valence-corrected chi connectivity index (χ4v) is 2.93. The van der Waals surface area contributed by atoms with Crippen molar-refractivity contribution in [3.8, 4) is 0 Å². The Labute approximate surface area is 113 Å². The van der Waals surface area contributed by atoms with E-state index in [-0.39, 0.29) is 18.0 Å². The van der Waals surface area contributed by atoms with E-state index in [1.165, 1.54) is 17.4 Å². The van der Waals surface area contributed by atoms with Crippen LogP contribution in [-0.2, 0) is 6.42 Å². The van der Waals surface area contributed by atoms with Crippen molar-refractivity contribution >= 4 is 22.9 Å². The zero-order valence-corrected chi connectivity index (χ0v) is 11.3. The lowest BCUT2D eigenvalue weighted by Crippen LogP contribution is -2.13. The lowest BCUT2D eigenvalue weighted by atomic mass is 10.0. The first-order chi connectivity index (χ1) is 8.49. The third kappa shape index (κ3) is 2.71. The van der Waals surface area contributed by atoms with Gasteiger partial charge in [-0.05, 0) is 36.6 Å². The van der Waals surface area contributed by atoms with Gasteiger partial charge in [0.05, 0.1) is 4.34 Å². The number of thiophene rings is 1. The van der Waals surface area contributed by atoms with Gasteiger partial charge in [-0.25, -0.2) is 8.78 Å². The molecule has 5 heteroatoms. The van der Waals surface area contributed by atoms with Gasteiger partial charge < -0.3 is 5.73 Å². The number of benzene rings is 1. The van der Waals surface area contributed by atoms with E-state index >= 15 is 0 Å². The minimum Gasteiger partial charge on any atom is -0.323 e. The first-order valence-electron chi connectivity index (χ1n) is 5.43. The van der Waals surface area contributed by atoms with Gasteiger partial charge >= 0.3 is 0 Å². The summed E-state index contributed by atoms with van der Waals surface area (Å²) in [6, 6.07) is 5.62. The summed E-state index contributed by atoms with van der Waals surface area (Å²) in [4.78, 5) is 0.876. The Kier molecular flexibility index (Phi) is 4.00. The van der Waals surface area contributed by atoms with E-state index < -0.39 is 11.6 Å². The molecule has 2 N–H and O–H groups in total. The Hall–Kier alpha value is -0.970. The van der Waals surface area contributed by atoms with Crippen LogP contribution in [0.1, 0.15) is 22.0 Å². The van der Waals surface area contributed by atoms with Gasteiger partial charge in [-0.3, -0.25) is 0 Å². The standard InChI is InChI=1S/C13H12ClF2NS/c1-7-5-11(18-13(7)14)10(17)6-8-3-2-4-9(15)12(8)16/h2-5,10H,6,17H2,1H3. The Morgan fingerprint density at radius 1 is 1.39 bits per heavy atom. The molecule has 2 rings (SSSR count). The second kappa shape index (κ2) is 5.34. The van der Waals surface area contributed by atoms with Crippen LogP contribution in [0.15, 0.2) is 24.3 Å². The van der Waals surface area contributed by atoms with Crippen LogP contribution in [0, 0.1) is 18.6 Å². The highest BCUT2D eigenvalue weighted by atomic mass is 35.5. The van der Waals surface area contributed by atoms with Crippen molar-refractivity contribution in [3.63, 3.8) is 0 Å². The molecule has 2 aromatic rings. The van der Waals surface area contributed by atoms with E-state index in [0.29, 0.717) is 4.34 Å². The minimum atomic E-state index is -0.847. The largest absolute Gasteiger partial charge is 0.323 e. The van der Waals surface area contributed by atoms with Crippen LogP contribution in [-0.4, -0.2) is 0 Å². The highest BCUT2D eigenvalue weighted by Crippen LogP contribution is 2.31. The van der Waals surface area contributed by atoms with Gasteiger partial charge in [0.15, 0.2) is 11.6 Å². The average molecular weight is 288 g/mol. The van der Waals surface area contributed by atoms with E-state index in [1.807, 2.05) is 13.0 Å². The predicted octanol–water partition coefficient (Wildman–Crippen LogP) is 4.23. The summed E-state index contributed by atoms with van der Waals surface area (Å²) in [5, 5.41) is 0. The molecule has 1 aromatic carbocycles. The van der Waals surface area contributed by atoms with E-state index in [2.05, 4.69) is 0 Å². The summed E-state index contributed by atoms with van der Waals surface area (Å²) in [5.41, 5.74) is 7.22. The first kappa shape index (κ1) is 13.5. The Balaban J connectivity index is 2.21. The average Bonchev–Trinajstić information content (AvgIpc) is 2.66. The number of hydrogen-bond acceptors (Lipinski definition) is 2. The topological polar surface area (TPSA) is 26.0 Å². The third-order valence-corrected chi connectivity index (χ3v) is 4.40. The molecule has 1 unspecified atom stereocenters. The molecule has 1 nitrogen and oxygen atoms in total. The van der Waals surface area contributed by atoms with Gasteiger partial charge in [0.2, 0.25) is 0 Å². The van der Waals surface area contributed by atoms with Crippen LogP contribution >= 0.6 is 22.9 Å².